The normalized spacial score (nSPS) is 42.8. The van der Waals surface area contributed by atoms with Gasteiger partial charge in [0.15, 0.2) is 12.1 Å². The van der Waals surface area contributed by atoms with Gasteiger partial charge in [-0.05, 0) is 47.0 Å². The Hall–Kier alpha value is -4.05. The number of nitrogens with two attached hydrogens (primary N) is 1. The number of fused-ring (bicyclic) bond motifs is 2. The molecule has 4 aliphatic heterocycles. The summed E-state index contributed by atoms with van der Waals surface area (Å²) in [5.41, 5.74) is 5.53. The maximum atomic E-state index is 14.8. The fraction of sp³-hybridized carbons (Fsp3) is 0.702. The number of carbonyl (C=O) groups excluding carboxylic acids is 3. The van der Waals surface area contributed by atoms with E-state index in [0.29, 0.717) is 6.54 Å². The van der Waals surface area contributed by atoms with E-state index < -0.39 is 159 Å². The number of esters is 1. The first-order valence-corrected chi connectivity index (χ1v) is 27.7. The minimum atomic E-state index is -2.34. The molecule has 79 heavy (non-hydrogen) atoms. The van der Waals surface area contributed by atoms with Gasteiger partial charge in [-0.15, -0.1) is 0 Å². The molecule has 0 spiro atoms. The summed E-state index contributed by atoms with van der Waals surface area (Å²) in [7, 11) is 0. The number of hydrogen-bond donors (Lipinski definition) is 13. The number of amides is 2. The van der Waals surface area contributed by atoms with Gasteiger partial charge in [-0.3, -0.25) is 19.3 Å². The predicted octanol–water partition coefficient (Wildman–Crippen LogP) is -0.343. The van der Waals surface area contributed by atoms with Crippen LogP contribution in [-0.2, 0) is 33.3 Å². The first-order valence-electron chi connectivity index (χ1n) is 27.7. The van der Waals surface area contributed by atoms with Crippen LogP contribution in [0.25, 0.3) is 0 Å². The Kier molecular flexibility index (Phi) is 28.3. The van der Waals surface area contributed by atoms with Crippen LogP contribution in [0.2, 0.25) is 0 Å². The molecule has 4 heterocycles. The largest absolute Gasteiger partial charge is 0.462 e. The Morgan fingerprint density at radius 3 is 1.86 bits per heavy atom. The molecule has 4 rings (SSSR count). The van der Waals surface area contributed by atoms with E-state index in [1.807, 2.05) is 45.1 Å². The van der Waals surface area contributed by atoms with Gasteiger partial charge in [-0.1, -0.05) is 98.9 Å². The van der Waals surface area contributed by atoms with E-state index in [9.17, 15) is 70.6 Å². The van der Waals surface area contributed by atoms with Crippen molar-refractivity contribution >= 4 is 17.8 Å². The lowest BCUT2D eigenvalue weighted by atomic mass is 9.81. The molecule has 22 heteroatoms. The number of piperazine rings is 1. The summed E-state index contributed by atoms with van der Waals surface area (Å²) in [6.45, 7) is 10.9. The molecule has 2 bridgehead atoms. The number of nitrogens with zero attached hydrogens (tertiary/aromatic N) is 2. The number of allylic oxidation sites excluding steroid dienone is 12. The molecule has 0 radical (unpaired) electrons. The topological polar surface area (TPSA) is 355 Å². The monoisotopic (exact) mass is 1120 g/mol. The lowest BCUT2D eigenvalue weighted by molar-refractivity contribution is -0.308. The fourth-order valence-electron chi connectivity index (χ4n) is 10.7. The SMILES string of the molecule is CC1CN(C(=O)[C@H]2[C@@H]3C[C@@H](O[C@H]4O[C@@H](C)[C@@H](O)[C@H](NC(=O)CN)[C@@H]4O)/C=C/C=C/C=C/C=C/C=C/C=C/C=C/[C@H](C)[C@@H](O)[C@@H](C)[C@H](C)OC(=O)C[C@H](O)C[C@H](O)CC[C@@H](O)[C@H](O)C[C@H](O)C[C@](O)(C[C@@H]2O)O3)CC(C)N1CCO. The quantitative estimate of drug-likeness (QED) is 0.145. The van der Waals surface area contributed by atoms with Crippen LogP contribution in [-0.4, -0.2) is 226 Å². The third-order valence-corrected chi connectivity index (χ3v) is 15.3. The Labute approximate surface area is 464 Å². The highest BCUT2D eigenvalue weighted by Gasteiger charge is 2.52. The highest BCUT2D eigenvalue weighted by Crippen LogP contribution is 2.39. The Morgan fingerprint density at radius 2 is 1.28 bits per heavy atom. The van der Waals surface area contributed by atoms with Crippen molar-refractivity contribution in [2.24, 2.45) is 23.5 Å². The standard InChI is InChI=1S/C57H92N4O18/c1-34-19-17-15-13-11-9-7-8-10-12-14-16-18-20-43(78-56-54(73)51(59-48(69)31-58)53(72)39(6)77-56)28-47-50(55(74)60-32-35(2)61(23-24-62)36(3)33-60)46(68)30-57(75,79-47)29-42(65)26-45(67)44(66)22-21-40(63)25-41(64)27-49(70)76-38(5)37(4)52(34)71/h7-20,34-47,50-54,56,62-68,71-73,75H,21-33,58H2,1-6H3,(H,59,69)/b8-7+,11-9+,12-10+,15-13+,16-14+,19-17+,20-18+/t34-,35?,36?,37-,38-,39-,40+,41+,42-,43-,44+,45+,46-,47-,50+,51-,52+,53+,54-,56+,57+/m0/s1. The van der Waals surface area contributed by atoms with E-state index in [1.54, 1.807) is 79.5 Å². The molecular weight excluding hydrogens is 1030 g/mol. The fourth-order valence-corrected chi connectivity index (χ4v) is 10.7. The zero-order valence-corrected chi connectivity index (χ0v) is 46.6. The van der Waals surface area contributed by atoms with E-state index >= 15 is 0 Å². The zero-order chi connectivity index (χ0) is 58.6. The molecule has 0 aromatic carbocycles. The number of nitrogens with one attached hydrogen (secondary N) is 1. The van der Waals surface area contributed by atoms with Crippen LogP contribution in [0.1, 0.15) is 92.9 Å². The second kappa shape index (κ2) is 33.2. The number of carbonyl (C=O) groups is 3. The highest BCUT2D eigenvalue weighted by atomic mass is 16.7. The number of hydrogen-bond acceptors (Lipinski definition) is 20. The number of ether oxygens (including phenoxy) is 4. The number of aliphatic hydroxyl groups is 11. The lowest BCUT2D eigenvalue weighted by Crippen LogP contribution is -2.65. The van der Waals surface area contributed by atoms with Crippen LogP contribution in [0.15, 0.2) is 85.1 Å². The van der Waals surface area contributed by atoms with Crippen molar-refractivity contribution in [1.82, 2.24) is 15.1 Å². The summed E-state index contributed by atoms with van der Waals surface area (Å²) in [4.78, 5) is 43.6. The van der Waals surface area contributed by atoms with Crippen LogP contribution in [0.3, 0.4) is 0 Å². The average molecular weight is 1120 g/mol. The van der Waals surface area contributed by atoms with Crippen LogP contribution < -0.4 is 11.1 Å². The summed E-state index contributed by atoms with van der Waals surface area (Å²) in [6, 6.07) is -1.65. The van der Waals surface area contributed by atoms with Crippen molar-refractivity contribution in [3.63, 3.8) is 0 Å². The molecule has 448 valence electrons. The van der Waals surface area contributed by atoms with E-state index in [4.69, 9.17) is 24.7 Å². The maximum Gasteiger partial charge on any atom is 0.308 e. The van der Waals surface area contributed by atoms with Gasteiger partial charge in [-0.2, -0.15) is 0 Å². The van der Waals surface area contributed by atoms with Crippen LogP contribution in [0.5, 0.6) is 0 Å². The molecule has 0 saturated carbocycles. The second-order valence-electron chi connectivity index (χ2n) is 21.9. The predicted molar refractivity (Wildman–Crippen MR) is 292 cm³/mol. The number of aliphatic hydroxyl groups excluding tert-OH is 10. The first-order chi connectivity index (χ1) is 37.4. The van der Waals surface area contributed by atoms with Crippen LogP contribution in [0.4, 0.5) is 0 Å². The minimum absolute atomic E-state index is 0.0926. The molecule has 2 unspecified atom stereocenters. The zero-order valence-electron chi connectivity index (χ0n) is 46.6. The summed E-state index contributed by atoms with van der Waals surface area (Å²) in [5.74, 6) is -6.34. The van der Waals surface area contributed by atoms with Gasteiger partial charge in [0.25, 0.3) is 0 Å². The first kappa shape index (κ1) is 67.5. The number of rotatable bonds is 7. The Morgan fingerprint density at radius 1 is 0.696 bits per heavy atom. The van der Waals surface area contributed by atoms with Gasteiger partial charge in [0.2, 0.25) is 11.8 Å². The number of β-amino-alcohol motifs (C(OH)–C–C–N with tert-alkyl or cyclic N) is 1. The Bertz CT molecular complexity index is 2080. The molecule has 3 fully saturated rings. The smallest absolute Gasteiger partial charge is 0.308 e. The molecule has 21 atom stereocenters. The van der Waals surface area contributed by atoms with Crippen LogP contribution in [0, 0.1) is 17.8 Å². The summed E-state index contributed by atoms with van der Waals surface area (Å²) >= 11 is 0. The lowest BCUT2D eigenvalue weighted by Gasteiger charge is -2.49. The third-order valence-electron chi connectivity index (χ3n) is 15.3. The summed E-state index contributed by atoms with van der Waals surface area (Å²) in [5, 5.41) is 124. The van der Waals surface area contributed by atoms with Crippen molar-refractivity contribution < 1.29 is 89.5 Å². The van der Waals surface area contributed by atoms with Gasteiger partial charge >= 0.3 is 5.97 Å². The van der Waals surface area contributed by atoms with Crippen molar-refractivity contribution in [2.75, 3.05) is 32.8 Å². The van der Waals surface area contributed by atoms with Gasteiger partial charge in [0, 0.05) is 69.2 Å². The van der Waals surface area contributed by atoms with Crippen LogP contribution >= 0.6 is 0 Å². The second-order valence-corrected chi connectivity index (χ2v) is 21.9. The average Bonchev–Trinajstić information content (AvgIpc) is 3.42. The molecule has 3 saturated heterocycles. The maximum absolute atomic E-state index is 14.8. The molecule has 2 amide bonds. The summed E-state index contributed by atoms with van der Waals surface area (Å²) in [6.07, 6.45) is 3.22. The minimum Gasteiger partial charge on any atom is -0.462 e. The molecular formula is C57H92N4O18. The van der Waals surface area contributed by atoms with Crippen molar-refractivity contribution in [2.45, 2.75) is 202 Å². The van der Waals surface area contributed by atoms with Gasteiger partial charge < -0.3 is 91.1 Å². The summed E-state index contributed by atoms with van der Waals surface area (Å²) < 4.78 is 24.2. The van der Waals surface area contributed by atoms with Crippen molar-refractivity contribution in [1.29, 1.82) is 0 Å². The van der Waals surface area contributed by atoms with Crippen molar-refractivity contribution in [3.05, 3.63) is 85.1 Å². The molecule has 4 aliphatic rings. The van der Waals surface area contributed by atoms with E-state index in [0.717, 1.165) is 0 Å². The van der Waals surface area contributed by atoms with Gasteiger partial charge in [0.05, 0.1) is 92.6 Å². The van der Waals surface area contributed by atoms with Crippen molar-refractivity contribution in [3.8, 4) is 0 Å². The van der Waals surface area contributed by atoms with Gasteiger partial charge in [-0.25, -0.2) is 0 Å². The molecule has 14 N–H and O–H groups in total. The van der Waals surface area contributed by atoms with Gasteiger partial charge in [0.1, 0.15) is 18.3 Å². The molecule has 22 nitrogen and oxygen atoms in total. The highest BCUT2D eigenvalue weighted by molar-refractivity contribution is 5.80. The van der Waals surface area contributed by atoms with E-state index in [2.05, 4.69) is 10.2 Å². The molecule has 0 aromatic rings. The molecule has 0 aromatic heterocycles. The van der Waals surface area contributed by atoms with E-state index in [1.165, 1.54) is 6.92 Å². The third kappa shape index (κ3) is 21.3. The number of cyclic esters (lactones) is 1. The molecule has 0 aliphatic carbocycles. The van der Waals surface area contributed by atoms with E-state index in [-0.39, 0.29) is 63.4 Å². The Balaban J connectivity index is 1.69.